The zero-order chi connectivity index (χ0) is 9.80. The minimum Gasteiger partial charge on any atom is -0.340 e. The topological polar surface area (TPSA) is 35.2 Å². The minimum atomic E-state index is 0.989. The lowest BCUT2D eigenvalue weighted by atomic mass is 10.3. The van der Waals surface area contributed by atoms with Crippen LogP contribution in [0.4, 0.5) is 5.95 Å². The maximum absolute atomic E-state index is 4.24. The van der Waals surface area contributed by atoms with Crippen LogP contribution in [0.3, 0.4) is 0 Å². The molecule has 0 atom stereocenters. The molecule has 76 valence electrons. The number of nitrogens with zero attached hydrogens (tertiary/aromatic N) is 3. The predicted octanol–water partition coefficient (Wildman–Crippen LogP) is 0.718. The number of hydrogen-bond donors (Lipinski definition) is 1. The normalized spacial score (nSPS) is 18.4. The van der Waals surface area contributed by atoms with Crippen molar-refractivity contribution in [1.82, 2.24) is 14.9 Å². The molecule has 0 unspecified atom stereocenters. The van der Waals surface area contributed by atoms with Crippen LogP contribution in [-0.4, -0.2) is 47.6 Å². The fourth-order valence-corrected chi connectivity index (χ4v) is 1.75. The zero-order valence-electron chi connectivity index (χ0n) is 8.32. The second-order valence-electron chi connectivity index (χ2n) is 3.49. The largest absolute Gasteiger partial charge is 0.340 e. The second kappa shape index (κ2) is 4.28. The molecule has 0 saturated carbocycles. The molecule has 1 aliphatic heterocycles. The van der Waals surface area contributed by atoms with Gasteiger partial charge in [-0.3, -0.25) is 4.90 Å². The Kier molecular flexibility index (Phi) is 2.84. The quantitative estimate of drug-likeness (QED) is 0.717. The molecule has 1 saturated heterocycles. The molecule has 0 spiro atoms. The number of H-pyrrole nitrogens is 1. The highest BCUT2D eigenvalue weighted by Gasteiger charge is 2.16. The maximum atomic E-state index is 4.24. The van der Waals surface area contributed by atoms with E-state index < -0.39 is 0 Å². The van der Waals surface area contributed by atoms with Gasteiger partial charge in [0, 0.05) is 45.1 Å². The van der Waals surface area contributed by atoms with Crippen molar-refractivity contribution in [2.24, 2.45) is 0 Å². The number of anilines is 1. The van der Waals surface area contributed by atoms with E-state index in [-0.39, 0.29) is 0 Å². The van der Waals surface area contributed by atoms with Gasteiger partial charge < -0.3 is 9.88 Å². The third-order valence-corrected chi connectivity index (χ3v) is 2.54. The summed E-state index contributed by atoms with van der Waals surface area (Å²) in [5.41, 5.74) is 0. The lowest BCUT2D eigenvalue weighted by Crippen LogP contribution is -2.46. The van der Waals surface area contributed by atoms with E-state index in [2.05, 4.69) is 26.3 Å². The average Bonchev–Trinajstić information content (AvgIpc) is 2.72. The lowest BCUT2D eigenvalue weighted by Gasteiger charge is -2.33. The molecule has 0 amide bonds. The van der Waals surface area contributed by atoms with Gasteiger partial charge in [0.1, 0.15) is 0 Å². The second-order valence-corrected chi connectivity index (χ2v) is 3.49. The van der Waals surface area contributed by atoms with Crippen molar-refractivity contribution in [2.45, 2.75) is 0 Å². The number of hydrogen-bond acceptors (Lipinski definition) is 3. The van der Waals surface area contributed by atoms with Crippen molar-refractivity contribution < 1.29 is 0 Å². The molecule has 0 aromatic carbocycles. The van der Waals surface area contributed by atoms with Crippen LogP contribution in [0.15, 0.2) is 25.0 Å². The van der Waals surface area contributed by atoms with Gasteiger partial charge in [0.05, 0.1) is 0 Å². The summed E-state index contributed by atoms with van der Waals surface area (Å²) < 4.78 is 0. The summed E-state index contributed by atoms with van der Waals surface area (Å²) in [6.45, 7) is 9.01. The Labute approximate surface area is 84.2 Å². The van der Waals surface area contributed by atoms with Crippen LogP contribution in [0.5, 0.6) is 0 Å². The molecule has 14 heavy (non-hydrogen) atoms. The van der Waals surface area contributed by atoms with Crippen LogP contribution in [0.1, 0.15) is 0 Å². The fourth-order valence-electron chi connectivity index (χ4n) is 1.75. The van der Waals surface area contributed by atoms with Crippen LogP contribution in [0.25, 0.3) is 0 Å². The van der Waals surface area contributed by atoms with Crippen LogP contribution < -0.4 is 4.90 Å². The van der Waals surface area contributed by atoms with E-state index in [1.807, 2.05) is 12.3 Å². The molecule has 1 N–H and O–H groups in total. The third kappa shape index (κ3) is 1.96. The van der Waals surface area contributed by atoms with Gasteiger partial charge in [-0.25, -0.2) is 4.98 Å². The highest BCUT2D eigenvalue weighted by molar-refractivity contribution is 5.29. The van der Waals surface area contributed by atoms with Gasteiger partial charge in [0.25, 0.3) is 0 Å². The first kappa shape index (κ1) is 9.27. The molecule has 1 aromatic rings. The number of aromatic amines is 1. The van der Waals surface area contributed by atoms with Crippen LogP contribution in [-0.2, 0) is 0 Å². The fraction of sp³-hybridized carbons (Fsp3) is 0.500. The number of piperazine rings is 1. The van der Waals surface area contributed by atoms with E-state index in [0.29, 0.717) is 0 Å². The van der Waals surface area contributed by atoms with E-state index in [9.17, 15) is 0 Å². The van der Waals surface area contributed by atoms with Gasteiger partial charge in [-0.1, -0.05) is 6.08 Å². The summed E-state index contributed by atoms with van der Waals surface area (Å²) in [7, 11) is 0. The van der Waals surface area contributed by atoms with E-state index in [1.165, 1.54) is 0 Å². The summed E-state index contributed by atoms with van der Waals surface area (Å²) in [5.74, 6) is 0.989. The van der Waals surface area contributed by atoms with Gasteiger partial charge in [-0.15, -0.1) is 6.58 Å². The Morgan fingerprint density at radius 2 is 2.21 bits per heavy atom. The van der Waals surface area contributed by atoms with Crippen molar-refractivity contribution in [3.63, 3.8) is 0 Å². The highest BCUT2D eigenvalue weighted by Crippen LogP contribution is 2.09. The molecule has 0 bridgehead atoms. The molecule has 0 aliphatic carbocycles. The van der Waals surface area contributed by atoms with E-state index in [0.717, 1.165) is 38.7 Å². The van der Waals surface area contributed by atoms with Gasteiger partial charge in [-0.2, -0.15) is 0 Å². The van der Waals surface area contributed by atoms with Crippen molar-refractivity contribution in [1.29, 1.82) is 0 Å². The third-order valence-electron chi connectivity index (χ3n) is 2.54. The average molecular weight is 192 g/mol. The molecule has 1 aromatic heterocycles. The van der Waals surface area contributed by atoms with Gasteiger partial charge in [0.15, 0.2) is 0 Å². The number of rotatable bonds is 3. The standard InChI is InChI=1S/C10H16N4/c1-2-5-13-6-8-14(9-7-13)10-11-3-4-12-10/h2-4H,1,5-9H2,(H,11,12). The summed E-state index contributed by atoms with van der Waals surface area (Å²) >= 11 is 0. The lowest BCUT2D eigenvalue weighted by molar-refractivity contribution is 0.283. The van der Waals surface area contributed by atoms with Crippen LogP contribution in [0, 0.1) is 0 Å². The van der Waals surface area contributed by atoms with Crippen molar-refractivity contribution in [3.05, 3.63) is 25.0 Å². The Bertz CT molecular complexity index is 272. The first-order valence-electron chi connectivity index (χ1n) is 4.98. The molecular formula is C10H16N4. The summed E-state index contributed by atoms with van der Waals surface area (Å²) in [6.07, 6.45) is 5.62. The van der Waals surface area contributed by atoms with Gasteiger partial charge in [0.2, 0.25) is 5.95 Å². The molecule has 2 rings (SSSR count). The number of aromatic nitrogens is 2. The first-order chi connectivity index (χ1) is 6.90. The Morgan fingerprint density at radius 1 is 1.43 bits per heavy atom. The van der Waals surface area contributed by atoms with E-state index >= 15 is 0 Å². The first-order valence-corrected chi connectivity index (χ1v) is 4.98. The van der Waals surface area contributed by atoms with Crippen LogP contribution >= 0.6 is 0 Å². The van der Waals surface area contributed by atoms with Crippen LogP contribution in [0.2, 0.25) is 0 Å². The summed E-state index contributed by atoms with van der Waals surface area (Å²) in [4.78, 5) is 12.0. The number of nitrogens with one attached hydrogen (secondary N) is 1. The Hall–Kier alpha value is -1.29. The predicted molar refractivity (Wildman–Crippen MR) is 57.4 cm³/mol. The summed E-state index contributed by atoms with van der Waals surface area (Å²) in [6, 6.07) is 0. The molecule has 1 fully saturated rings. The van der Waals surface area contributed by atoms with Crippen molar-refractivity contribution in [3.8, 4) is 0 Å². The molecule has 4 heteroatoms. The van der Waals surface area contributed by atoms with E-state index in [1.54, 1.807) is 6.20 Å². The summed E-state index contributed by atoms with van der Waals surface area (Å²) in [5, 5.41) is 0. The monoisotopic (exact) mass is 192 g/mol. The molecular weight excluding hydrogens is 176 g/mol. The van der Waals surface area contributed by atoms with Crippen molar-refractivity contribution in [2.75, 3.05) is 37.6 Å². The maximum Gasteiger partial charge on any atom is 0.202 e. The highest BCUT2D eigenvalue weighted by atomic mass is 15.3. The minimum absolute atomic E-state index is 0.989. The van der Waals surface area contributed by atoms with Gasteiger partial charge in [-0.05, 0) is 0 Å². The molecule has 1 aliphatic rings. The molecule has 4 nitrogen and oxygen atoms in total. The smallest absolute Gasteiger partial charge is 0.202 e. The Balaban J connectivity index is 1.87. The Morgan fingerprint density at radius 3 is 2.79 bits per heavy atom. The van der Waals surface area contributed by atoms with Crippen molar-refractivity contribution >= 4 is 5.95 Å². The van der Waals surface area contributed by atoms with E-state index in [4.69, 9.17) is 0 Å². The zero-order valence-corrected chi connectivity index (χ0v) is 8.32. The number of imidazole rings is 1. The molecule has 0 radical (unpaired) electrons. The van der Waals surface area contributed by atoms with Gasteiger partial charge >= 0.3 is 0 Å². The SMILES string of the molecule is C=CCN1CCN(c2ncc[nH]2)CC1. The molecule has 2 heterocycles.